The van der Waals surface area contributed by atoms with E-state index >= 15 is 0 Å². The van der Waals surface area contributed by atoms with E-state index in [0.29, 0.717) is 29.0 Å². The number of nitrogens with one attached hydrogen (secondary N) is 1. The van der Waals surface area contributed by atoms with Crippen LogP contribution in [0, 0.1) is 0 Å². The minimum Gasteiger partial charge on any atom is -0.493 e. The summed E-state index contributed by atoms with van der Waals surface area (Å²) >= 11 is 1.56. The Morgan fingerprint density at radius 3 is 2.65 bits per heavy atom. The zero-order chi connectivity index (χ0) is 23.7. The molecule has 1 aliphatic heterocycles. The maximum atomic E-state index is 9.81. The summed E-state index contributed by atoms with van der Waals surface area (Å²) in [6.07, 6.45) is 5.52. The summed E-state index contributed by atoms with van der Waals surface area (Å²) in [5, 5.41) is 16.0. The first-order valence-electron chi connectivity index (χ1n) is 10.9. The third-order valence-electron chi connectivity index (χ3n) is 5.93. The first kappa shape index (κ1) is 22.2. The van der Waals surface area contributed by atoms with Gasteiger partial charge in [-0.1, -0.05) is 0 Å². The second kappa shape index (κ2) is 9.35. The molecule has 0 bridgehead atoms. The zero-order valence-electron chi connectivity index (χ0n) is 19.2. The second-order valence-corrected chi connectivity index (χ2v) is 8.75. The molecule has 11 heteroatoms. The van der Waals surface area contributed by atoms with Crippen LogP contribution in [0.15, 0.2) is 36.1 Å². The molecule has 0 amide bonds. The largest absolute Gasteiger partial charge is 0.493 e. The predicted octanol–water partition coefficient (Wildman–Crippen LogP) is 3.61. The van der Waals surface area contributed by atoms with Crippen LogP contribution in [0.5, 0.6) is 17.2 Å². The van der Waals surface area contributed by atoms with Gasteiger partial charge in [0.25, 0.3) is 0 Å². The predicted molar refractivity (Wildman–Crippen MR) is 131 cm³/mol. The molecular formula is C23H26N6O4S. The van der Waals surface area contributed by atoms with E-state index in [2.05, 4.69) is 20.2 Å². The van der Waals surface area contributed by atoms with Gasteiger partial charge in [-0.05, 0) is 24.3 Å². The summed E-state index contributed by atoms with van der Waals surface area (Å²) in [5.74, 6) is 3.54. The number of methoxy groups -OCH3 is 3. The van der Waals surface area contributed by atoms with Gasteiger partial charge < -0.3 is 34.1 Å². The van der Waals surface area contributed by atoms with Gasteiger partial charge in [-0.3, -0.25) is 0 Å². The normalized spacial score (nSPS) is 15.6. The number of aliphatic hydroxyl groups excluding tert-OH is 1. The van der Waals surface area contributed by atoms with Crippen molar-refractivity contribution in [2.24, 2.45) is 0 Å². The summed E-state index contributed by atoms with van der Waals surface area (Å²) in [7, 11) is 4.74. The van der Waals surface area contributed by atoms with Crippen LogP contribution >= 0.6 is 11.3 Å². The molecule has 178 valence electrons. The van der Waals surface area contributed by atoms with Gasteiger partial charge in [-0.25, -0.2) is 9.97 Å². The molecule has 0 saturated carbocycles. The molecule has 1 atom stereocenters. The van der Waals surface area contributed by atoms with Crippen molar-refractivity contribution in [3.63, 3.8) is 0 Å². The van der Waals surface area contributed by atoms with Gasteiger partial charge in [0.15, 0.2) is 17.3 Å². The lowest BCUT2D eigenvalue weighted by molar-refractivity contribution is 0.266. The maximum Gasteiger partial charge on any atom is 0.231 e. The number of aromatic nitrogens is 4. The first-order chi connectivity index (χ1) is 16.6. The van der Waals surface area contributed by atoms with Gasteiger partial charge in [0.1, 0.15) is 17.0 Å². The van der Waals surface area contributed by atoms with Gasteiger partial charge in [0.2, 0.25) is 11.7 Å². The number of rotatable bonds is 8. The highest BCUT2D eigenvalue weighted by Crippen LogP contribution is 2.39. The number of anilines is 3. The fraction of sp³-hybridized carbons (Fsp3) is 0.348. The van der Waals surface area contributed by atoms with Crippen LogP contribution < -0.4 is 24.4 Å². The number of imidazole rings is 1. The summed E-state index contributed by atoms with van der Waals surface area (Å²) < 4.78 is 18.2. The van der Waals surface area contributed by atoms with Gasteiger partial charge >= 0.3 is 0 Å². The van der Waals surface area contributed by atoms with Gasteiger partial charge in [-0.15, -0.1) is 11.3 Å². The summed E-state index contributed by atoms with van der Waals surface area (Å²) in [6.45, 7) is 0.972. The van der Waals surface area contributed by atoms with Crippen LogP contribution in [0.3, 0.4) is 0 Å². The molecular weight excluding hydrogens is 456 g/mol. The molecule has 1 aromatic carbocycles. The molecule has 0 unspecified atom stereocenters. The standard InChI is InChI=1S/C23H26N6O4S/c1-31-17-9-15(10-18(32-2)20(17)33-3)28-11-19(24-13-28)25-23-26-21(16-6-8-34-22(16)27-23)29-7-4-5-14(29)12-30/h6,8-11,13-14,30H,4-5,7,12H2,1-3H3,(H,25,26,27)/t14-/m0/s1. The molecule has 2 N–H and O–H groups in total. The van der Waals surface area contributed by atoms with E-state index < -0.39 is 0 Å². The Kier molecular flexibility index (Phi) is 6.12. The summed E-state index contributed by atoms with van der Waals surface area (Å²) in [4.78, 5) is 17.0. The van der Waals surface area contributed by atoms with Crippen LogP contribution in [-0.4, -0.2) is 65.1 Å². The number of aliphatic hydroxyl groups is 1. The quantitative estimate of drug-likeness (QED) is 0.389. The van der Waals surface area contributed by atoms with Crippen LogP contribution in [0.25, 0.3) is 15.9 Å². The molecule has 10 nitrogen and oxygen atoms in total. The van der Waals surface area contributed by atoms with Crippen molar-refractivity contribution in [1.82, 2.24) is 19.5 Å². The number of hydrogen-bond donors (Lipinski definition) is 2. The van der Waals surface area contributed by atoms with Gasteiger partial charge in [-0.2, -0.15) is 4.98 Å². The molecule has 34 heavy (non-hydrogen) atoms. The molecule has 1 aliphatic rings. The summed E-state index contributed by atoms with van der Waals surface area (Å²) in [5.41, 5.74) is 0.799. The van der Waals surface area contributed by atoms with Gasteiger partial charge in [0.05, 0.1) is 51.2 Å². The SMILES string of the molecule is COc1cc(-n2cnc(Nc3nc(N4CCC[C@H]4CO)c4ccsc4n3)c2)cc(OC)c1OC. The molecule has 3 aromatic heterocycles. The number of nitrogens with zero attached hydrogens (tertiary/aromatic N) is 5. The smallest absolute Gasteiger partial charge is 0.231 e. The Labute approximate surface area is 200 Å². The van der Waals surface area contributed by atoms with Crippen molar-refractivity contribution in [2.45, 2.75) is 18.9 Å². The second-order valence-electron chi connectivity index (χ2n) is 7.86. The Bertz CT molecular complexity index is 1280. The highest BCUT2D eigenvalue weighted by molar-refractivity contribution is 7.16. The number of fused-ring (bicyclic) bond motifs is 1. The lowest BCUT2D eigenvalue weighted by atomic mass is 10.2. The van der Waals surface area contributed by atoms with E-state index in [1.165, 1.54) is 0 Å². The average molecular weight is 483 g/mol. The molecule has 0 spiro atoms. The fourth-order valence-electron chi connectivity index (χ4n) is 4.28. The zero-order valence-corrected chi connectivity index (χ0v) is 20.0. The third kappa shape index (κ3) is 3.97. The molecule has 0 aliphatic carbocycles. The van der Waals surface area contributed by atoms with E-state index in [-0.39, 0.29) is 12.6 Å². The van der Waals surface area contributed by atoms with E-state index in [9.17, 15) is 5.11 Å². The van der Waals surface area contributed by atoms with Crippen LogP contribution in [0.1, 0.15) is 12.8 Å². The number of hydrogen-bond acceptors (Lipinski definition) is 10. The number of benzene rings is 1. The number of ether oxygens (including phenoxy) is 3. The molecule has 1 saturated heterocycles. The van der Waals surface area contributed by atoms with Crippen LogP contribution in [0.4, 0.5) is 17.6 Å². The minimum absolute atomic E-state index is 0.0742. The number of thiophene rings is 1. The Hall–Kier alpha value is -3.57. The third-order valence-corrected chi connectivity index (χ3v) is 6.74. The Balaban J connectivity index is 1.46. The van der Waals surface area contributed by atoms with E-state index in [4.69, 9.17) is 19.2 Å². The Morgan fingerprint density at radius 2 is 1.94 bits per heavy atom. The monoisotopic (exact) mass is 482 g/mol. The fourth-order valence-corrected chi connectivity index (χ4v) is 5.04. The molecule has 4 heterocycles. The molecule has 1 fully saturated rings. The lowest BCUT2D eigenvalue weighted by Gasteiger charge is -2.25. The van der Waals surface area contributed by atoms with Crippen molar-refractivity contribution in [3.8, 4) is 22.9 Å². The van der Waals surface area contributed by atoms with E-state index in [1.54, 1.807) is 39.0 Å². The average Bonchev–Trinajstić information content (AvgIpc) is 3.63. The Morgan fingerprint density at radius 1 is 1.15 bits per heavy atom. The first-order valence-corrected chi connectivity index (χ1v) is 11.8. The van der Waals surface area contributed by atoms with E-state index in [1.807, 2.05) is 34.3 Å². The molecule has 5 rings (SSSR count). The van der Waals surface area contributed by atoms with Crippen molar-refractivity contribution >= 4 is 39.1 Å². The minimum atomic E-state index is 0.0742. The lowest BCUT2D eigenvalue weighted by Crippen LogP contribution is -2.33. The maximum absolute atomic E-state index is 9.81. The van der Waals surface area contributed by atoms with Crippen molar-refractivity contribution in [1.29, 1.82) is 0 Å². The summed E-state index contributed by atoms with van der Waals surface area (Å²) in [6, 6.07) is 5.80. The van der Waals surface area contributed by atoms with E-state index in [0.717, 1.165) is 41.1 Å². The molecule has 4 aromatic rings. The van der Waals surface area contributed by atoms with Crippen LogP contribution in [0.2, 0.25) is 0 Å². The van der Waals surface area contributed by atoms with Crippen LogP contribution in [-0.2, 0) is 0 Å². The topological polar surface area (TPSA) is 107 Å². The van der Waals surface area contributed by atoms with Crippen molar-refractivity contribution in [3.05, 3.63) is 36.1 Å². The highest BCUT2D eigenvalue weighted by atomic mass is 32.1. The molecule has 0 radical (unpaired) electrons. The van der Waals surface area contributed by atoms with Crippen molar-refractivity contribution in [2.75, 3.05) is 44.7 Å². The van der Waals surface area contributed by atoms with Gasteiger partial charge in [0, 0.05) is 18.7 Å². The highest BCUT2D eigenvalue weighted by Gasteiger charge is 2.27. The van der Waals surface area contributed by atoms with Crippen molar-refractivity contribution < 1.29 is 19.3 Å².